The molecular weight excluding hydrogens is 232 g/mol. The minimum absolute atomic E-state index is 0.0336. The molecule has 96 valence electrons. The summed E-state index contributed by atoms with van der Waals surface area (Å²) in [6.07, 6.45) is 2.29. The van der Waals surface area contributed by atoms with E-state index in [1.54, 1.807) is 6.07 Å². The fourth-order valence-corrected chi connectivity index (χ4v) is 2.15. The van der Waals surface area contributed by atoms with Gasteiger partial charge in [0, 0.05) is 13.6 Å². The van der Waals surface area contributed by atoms with E-state index in [0.717, 1.165) is 38.3 Å². The van der Waals surface area contributed by atoms with Crippen LogP contribution in [0.25, 0.3) is 0 Å². The zero-order valence-electron chi connectivity index (χ0n) is 11.0. The lowest BCUT2D eigenvalue weighted by Gasteiger charge is -2.21. The molecule has 0 saturated carbocycles. The molecule has 0 heterocycles. The predicted octanol–water partition coefficient (Wildman–Crippen LogP) is 2.21. The van der Waals surface area contributed by atoms with Crippen LogP contribution in [0, 0.1) is 4.51 Å². The summed E-state index contributed by atoms with van der Waals surface area (Å²) in [5.41, 5.74) is 0.809. The van der Waals surface area contributed by atoms with Crippen molar-refractivity contribution in [3.63, 3.8) is 0 Å². The summed E-state index contributed by atoms with van der Waals surface area (Å²) >= 11 is 4.84. The quantitative estimate of drug-likeness (QED) is 0.524. The zero-order valence-corrected chi connectivity index (χ0v) is 11.8. The highest BCUT2D eigenvalue weighted by Gasteiger charge is 2.10. The Morgan fingerprint density at radius 3 is 2.24 bits per heavy atom. The van der Waals surface area contributed by atoms with Crippen LogP contribution in [0.2, 0.25) is 0 Å². The van der Waals surface area contributed by atoms with Crippen LogP contribution in [-0.2, 0) is 0 Å². The van der Waals surface area contributed by atoms with Gasteiger partial charge >= 0.3 is 0 Å². The van der Waals surface area contributed by atoms with E-state index >= 15 is 0 Å². The van der Waals surface area contributed by atoms with Crippen molar-refractivity contribution in [1.29, 1.82) is 0 Å². The van der Waals surface area contributed by atoms with Crippen molar-refractivity contribution in [3.05, 3.63) is 20.8 Å². The lowest BCUT2D eigenvalue weighted by molar-refractivity contribution is 0.297. The van der Waals surface area contributed by atoms with Crippen LogP contribution < -0.4 is 10.3 Å². The lowest BCUT2D eigenvalue weighted by Crippen LogP contribution is -2.29. The number of rotatable bonds is 8. The van der Waals surface area contributed by atoms with Gasteiger partial charge in [-0.2, -0.15) is 0 Å². The van der Waals surface area contributed by atoms with Crippen molar-refractivity contribution in [2.24, 2.45) is 0 Å². The Hall–Kier alpha value is -0.740. The molecule has 0 aliphatic heterocycles. The fraction of sp³-hybridized carbons (Fsp3) is 0.692. The smallest absolute Gasteiger partial charge is 0.219 e. The standard InChI is InChI=1S/C13H22N2OS/c1-4-15(5-2)9-7-6-8-14(3)11-10-12(17)13(11)16/h10H,4-9H2,1-3H3. The molecule has 0 N–H and O–H groups in total. The Bertz CT molecular complexity index is 405. The summed E-state index contributed by atoms with van der Waals surface area (Å²) in [7, 11) is 1.96. The Kier molecular flexibility index (Phi) is 5.78. The SMILES string of the molecule is CCN(CC)CCCCN(C)c1cc(=S)c1=O. The Balaban J connectivity index is 2.22. The molecule has 0 atom stereocenters. The second-order valence-electron chi connectivity index (χ2n) is 4.38. The molecule has 0 fully saturated rings. The summed E-state index contributed by atoms with van der Waals surface area (Å²) in [5.74, 6) is 0. The van der Waals surface area contributed by atoms with E-state index < -0.39 is 0 Å². The third-order valence-corrected chi connectivity index (χ3v) is 3.55. The minimum atomic E-state index is 0.0336. The monoisotopic (exact) mass is 254 g/mol. The van der Waals surface area contributed by atoms with E-state index in [2.05, 4.69) is 18.7 Å². The molecule has 0 amide bonds. The maximum atomic E-state index is 11.4. The average Bonchev–Trinajstić information content (AvgIpc) is 2.35. The molecule has 0 spiro atoms. The third kappa shape index (κ3) is 3.89. The second kappa shape index (κ2) is 6.87. The first kappa shape index (κ1) is 14.3. The van der Waals surface area contributed by atoms with Gasteiger partial charge in [-0.05, 0) is 38.5 Å². The van der Waals surface area contributed by atoms with Crippen LogP contribution in [0.4, 0.5) is 5.69 Å². The summed E-state index contributed by atoms with van der Waals surface area (Å²) in [5, 5.41) is 0. The van der Waals surface area contributed by atoms with Crippen LogP contribution in [-0.4, -0.2) is 38.1 Å². The first-order valence-electron chi connectivity index (χ1n) is 6.34. The average molecular weight is 254 g/mol. The van der Waals surface area contributed by atoms with Crippen LogP contribution in [0.5, 0.6) is 0 Å². The van der Waals surface area contributed by atoms with Crippen molar-refractivity contribution in [1.82, 2.24) is 4.90 Å². The van der Waals surface area contributed by atoms with Crippen molar-refractivity contribution in [2.45, 2.75) is 26.7 Å². The van der Waals surface area contributed by atoms with Crippen molar-refractivity contribution >= 4 is 17.9 Å². The molecular formula is C13H22N2OS. The molecule has 0 bridgehead atoms. The summed E-state index contributed by atoms with van der Waals surface area (Å²) in [4.78, 5) is 15.8. The van der Waals surface area contributed by atoms with Gasteiger partial charge in [0.1, 0.15) is 0 Å². The van der Waals surface area contributed by atoms with Gasteiger partial charge in [0.25, 0.3) is 0 Å². The zero-order chi connectivity index (χ0) is 12.8. The minimum Gasteiger partial charge on any atom is -0.371 e. The third-order valence-electron chi connectivity index (χ3n) is 3.25. The first-order chi connectivity index (χ1) is 8.10. The number of anilines is 1. The van der Waals surface area contributed by atoms with Gasteiger partial charge in [-0.25, -0.2) is 0 Å². The molecule has 0 aromatic heterocycles. The maximum absolute atomic E-state index is 11.4. The van der Waals surface area contributed by atoms with Gasteiger partial charge in [0.2, 0.25) is 5.43 Å². The van der Waals surface area contributed by atoms with Crippen molar-refractivity contribution in [2.75, 3.05) is 38.1 Å². The van der Waals surface area contributed by atoms with Crippen LogP contribution >= 0.6 is 12.2 Å². The van der Waals surface area contributed by atoms with E-state index in [9.17, 15) is 4.79 Å². The molecule has 1 aromatic rings. The van der Waals surface area contributed by atoms with Crippen LogP contribution in [0.15, 0.2) is 10.9 Å². The molecule has 0 saturated heterocycles. The van der Waals surface area contributed by atoms with E-state index in [0.29, 0.717) is 4.51 Å². The summed E-state index contributed by atoms with van der Waals surface area (Å²) in [6, 6.07) is 1.79. The van der Waals surface area contributed by atoms with Gasteiger partial charge < -0.3 is 9.80 Å². The Morgan fingerprint density at radius 2 is 1.76 bits per heavy atom. The van der Waals surface area contributed by atoms with Gasteiger partial charge in [0.05, 0.1) is 10.2 Å². The second-order valence-corrected chi connectivity index (χ2v) is 4.82. The number of hydrogen-bond acceptors (Lipinski definition) is 4. The van der Waals surface area contributed by atoms with E-state index in [1.165, 1.54) is 6.42 Å². The van der Waals surface area contributed by atoms with E-state index in [4.69, 9.17) is 12.2 Å². The Morgan fingerprint density at radius 1 is 1.18 bits per heavy atom. The molecule has 1 rings (SSSR count). The first-order valence-corrected chi connectivity index (χ1v) is 6.74. The highest BCUT2D eigenvalue weighted by Crippen LogP contribution is 2.10. The van der Waals surface area contributed by atoms with Crippen molar-refractivity contribution < 1.29 is 0 Å². The van der Waals surface area contributed by atoms with Gasteiger partial charge in [0.15, 0.2) is 0 Å². The molecule has 0 unspecified atom stereocenters. The van der Waals surface area contributed by atoms with Crippen molar-refractivity contribution in [3.8, 4) is 0 Å². The van der Waals surface area contributed by atoms with Crippen LogP contribution in [0.3, 0.4) is 0 Å². The highest BCUT2D eigenvalue weighted by molar-refractivity contribution is 7.71. The molecule has 4 heteroatoms. The predicted molar refractivity (Wildman–Crippen MR) is 76.2 cm³/mol. The summed E-state index contributed by atoms with van der Waals surface area (Å²) < 4.78 is 0.468. The molecule has 0 aliphatic rings. The van der Waals surface area contributed by atoms with Gasteiger partial charge in [-0.3, -0.25) is 4.79 Å². The lowest BCUT2D eigenvalue weighted by atomic mass is 10.2. The van der Waals surface area contributed by atoms with E-state index in [1.807, 2.05) is 11.9 Å². The van der Waals surface area contributed by atoms with Gasteiger partial charge in [-0.15, -0.1) is 0 Å². The number of unbranched alkanes of at least 4 members (excludes halogenated alkanes) is 1. The topological polar surface area (TPSA) is 23.6 Å². The molecule has 17 heavy (non-hydrogen) atoms. The Labute approximate surface area is 109 Å². The highest BCUT2D eigenvalue weighted by atomic mass is 32.1. The normalized spacial score (nSPS) is 11.3. The van der Waals surface area contributed by atoms with Crippen LogP contribution in [0.1, 0.15) is 26.7 Å². The molecule has 0 aliphatic carbocycles. The maximum Gasteiger partial charge on any atom is 0.219 e. The number of nitrogens with zero attached hydrogens (tertiary/aromatic N) is 2. The molecule has 0 radical (unpaired) electrons. The van der Waals surface area contributed by atoms with Gasteiger partial charge in [-0.1, -0.05) is 26.1 Å². The summed E-state index contributed by atoms with van der Waals surface area (Å²) in [6.45, 7) is 8.69. The number of hydrogen-bond donors (Lipinski definition) is 0. The van der Waals surface area contributed by atoms with E-state index in [-0.39, 0.29) is 5.43 Å². The fourth-order valence-electron chi connectivity index (χ4n) is 1.93. The molecule has 3 nitrogen and oxygen atoms in total. The molecule has 1 aromatic carbocycles. The largest absolute Gasteiger partial charge is 0.371 e.